The van der Waals surface area contributed by atoms with Crippen LogP contribution in [0.2, 0.25) is 0 Å². The molecule has 1 aromatic heterocycles. The number of aliphatic imine (C=N–C) groups is 1. The summed E-state index contributed by atoms with van der Waals surface area (Å²) in [6, 6.07) is 13.0. The molecule has 0 bridgehead atoms. The molecule has 0 radical (unpaired) electrons. The number of aryl methyl sites for hydroxylation is 1. The van der Waals surface area contributed by atoms with E-state index in [1.807, 2.05) is 7.05 Å². The van der Waals surface area contributed by atoms with Crippen molar-refractivity contribution in [2.45, 2.75) is 26.2 Å². The lowest BCUT2D eigenvalue weighted by Crippen LogP contribution is -2.39. The first-order valence-corrected chi connectivity index (χ1v) is 8.60. The van der Waals surface area contributed by atoms with E-state index in [1.165, 1.54) is 16.0 Å². The smallest absolute Gasteiger partial charge is 0.191 e. The van der Waals surface area contributed by atoms with E-state index >= 15 is 0 Å². The van der Waals surface area contributed by atoms with Crippen LogP contribution in [-0.2, 0) is 6.42 Å². The van der Waals surface area contributed by atoms with Crippen molar-refractivity contribution in [3.8, 4) is 0 Å². The second kappa shape index (κ2) is 8.59. The first-order valence-electron chi connectivity index (χ1n) is 7.72. The molecule has 0 amide bonds. The van der Waals surface area contributed by atoms with E-state index in [0.717, 1.165) is 25.5 Å². The molecule has 1 heterocycles. The van der Waals surface area contributed by atoms with E-state index in [9.17, 15) is 0 Å². The zero-order chi connectivity index (χ0) is 15.8. The van der Waals surface area contributed by atoms with Crippen LogP contribution in [-0.4, -0.2) is 26.1 Å². The molecule has 0 spiro atoms. The summed E-state index contributed by atoms with van der Waals surface area (Å²) in [6.45, 7) is 6.13. The van der Waals surface area contributed by atoms with Crippen molar-refractivity contribution in [2.75, 3.05) is 20.1 Å². The normalized spacial score (nSPS) is 13.0. The van der Waals surface area contributed by atoms with Gasteiger partial charge in [0.15, 0.2) is 5.96 Å². The second-order valence-corrected chi connectivity index (χ2v) is 6.51. The van der Waals surface area contributed by atoms with Crippen molar-refractivity contribution >= 4 is 17.3 Å². The van der Waals surface area contributed by atoms with E-state index in [-0.39, 0.29) is 0 Å². The minimum atomic E-state index is 0.496. The van der Waals surface area contributed by atoms with Gasteiger partial charge in [0.25, 0.3) is 0 Å². The van der Waals surface area contributed by atoms with Crippen LogP contribution in [0.1, 0.15) is 28.8 Å². The molecule has 2 N–H and O–H groups in total. The molecule has 0 saturated carbocycles. The monoisotopic (exact) mass is 315 g/mol. The lowest BCUT2D eigenvalue weighted by Gasteiger charge is -2.15. The minimum Gasteiger partial charge on any atom is -0.356 e. The summed E-state index contributed by atoms with van der Waals surface area (Å²) in [4.78, 5) is 5.69. The van der Waals surface area contributed by atoms with Gasteiger partial charge in [0, 0.05) is 30.9 Å². The Labute approximate surface area is 137 Å². The van der Waals surface area contributed by atoms with E-state index in [2.05, 4.69) is 71.3 Å². The topological polar surface area (TPSA) is 36.4 Å². The number of hydrogen-bond acceptors (Lipinski definition) is 2. The number of benzene rings is 1. The third-order valence-corrected chi connectivity index (χ3v) is 4.76. The van der Waals surface area contributed by atoms with E-state index in [4.69, 9.17) is 0 Å². The fourth-order valence-corrected chi connectivity index (χ4v) is 3.01. The van der Waals surface area contributed by atoms with Gasteiger partial charge in [-0.25, -0.2) is 0 Å². The maximum atomic E-state index is 4.28. The van der Waals surface area contributed by atoms with Crippen molar-refractivity contribution in [2.24, 2.45) is 4.99 Å². The fraction of sp³-hybridized carbons (Fsp3) is 0.389. The van der Waals surface area contributed by atoms with E-state index in [0.29, 0.717) is 5.92 Å². The van der Waals surface area contributed by atoms with Gasteiger partial charge in [0.05, 0.1) is 0 Å². The molecule has 0 aliphatic heterocycles. The fourth-order valence-electron chi connectivity index (χ4n) is 2.22. The minimum absolute atomic E-state index is 0.496. The molecule has 4 heteroatoms. The van der Waals surface area contributed by atoms with Crippen LogP contribution in [0.3, 0.4) is 0 Å². The van der Waals surface area contributed by atoms with Crippen LogP contribution in [0, 0.1) is 6.92 Å². The Bertz CT molecular complexity index is 573. The summed E-state index contributed by atoms with van der Waals surface area (Å²) >= 11 is 1.81. The zero-order valence-electron chi connectivity index (χ0n) is 13.6. The summed E-state index contributed by atoms with van der Waals surface area (Å²) in [5.41, 5.74) is 2.65. The maximum Gasteiger partial charge on any atom is 0.191 e. The predicted molar refractivity (Wildman–Crippen MR) is 97.0 cm³/mol. The highest BCUT2D eigenvalue weighted by Gasteiger charge is 2.07. The quantitative estimate of drug-likeness (QED) is 0.631. The highest BCUT2D eigenvalue weighted by atomic mass is 32.1. The highest BCUT2D eigenvalue weighted by Crippen LogP contribution is 2.19. The third-order valence-electron chi connectivity index (χ3n) is 3.65. The van der Waals surface area contributed by atoms with Crippen LogP contribution in [0.15, 0.2) is 46.8 Å². The highest BCUT2D eigenvalue weighted by molar-refractivity contribution is 7.10. The van der Waals surface area contributed by atoms with Crippen LogP contribution < -0.4 is 10.6 Å². The largest absolute Gasteiger partial charge is 0.356 e. The number of nitrogens with zero attached hydrogens (tertiary/aromatic N) is 1. The molecule has 0 fully saturated rings. The van der Waals surface area contributed by atoms with Crippen molar-refractivity contribution in [3.63, 3.8) is 0 Å². The van der Waals surface area contributed by atoms with Gasteiger partial charge in [0.2, 0.25) is 0 Å². The van der Waals surface area contributed by atoms with Crippen molar-refractivity contribution in [1.29, 1.82) is 0 Å². The molecule has 1 aromatic carbocycles. The van der Waals surface area contributed by atoms with Gasteiger partial charge in [-0.15, -0.1) is 11.3 Å². The number of nitrogens with one attached hydrogen (secondary N) is 2. The van der Waals surface area contributed by atoms with Gasteiger partial charge in [-0.2, -0.15) is 0 Å². The first-order chi connectivity index (χ1) is 10.7. The molecule has 2 aromatic rings. The molecule has 22 heavy (non-hydrogen) atoms. The number of thiophene rings is 1. The Kier molecular flexibility index (Phi) is 6.46. The summed E-state index contributed by atoms with van der Waals surface area (Å²) in [5, 5.41) is 8.90. The zero-order valence-corrected chi connectivity index (χ0v) is 14.4. The van der Waals surface area contributed by atoms with E-state index < -0.39 is 0 Å². The first kappa shape index (κ1) is 16.6. The molecule has 1 unspecified atom stereocenters. The summed E-state index contributed by atoms with van der Waals surface area (Å²) in [6.07, 6.45) is 1.00. The van der Waals surface area contributed by atoms with Crippen molar-refractivity contribution in [3.05, 3.63) is 57.8 Å². The summed E-state index contributed by atoms with van der Waals surface area (Å²) in [7, 11) is 1.82. The van der Waals surface area contributed by atoms with Gasteiger partial charge in [-0.05, 0) is 30.4 Å². The van der Waals surface area contributed by atoms with Gasteiger partial charge >= 0.3 is 0 Å². The van der Waals surface area contributed by atoms with Gasteiger partial charge in [-0.1, -0.05) is 42.8 Å². The van der Waals surface area contributed by atoms with Crippen molar-refractivity contribution in [1.82, 2.24) is 10.6 Å². The standard InChI is InChI=1S/C18H25N3S/c1-14-6-8-16(9-7-14)10-11-20-18(19-3)21-13-15(2)17-5-4-12-22-17/h4-9,12,15H,10-11,13H2,1-3H3,(H2,19,20,21). The molecule has 3 nitrogen and oxygen atoms in total. The third kappa shape index (κ3) is 5.19. The van der Waals surface area contributed by atoms with Gasteiger partial charge < -0.3 is 10.6 Å². The maximum absolute atomic E-state index is 4.28. The summed E-state index contributed by atoms with van der Waals surface area (Å²) in [5.74, 6) is 1.37. The Morgan fingerprint density at radius 1 is 1.18 bits per heavy atom. The van der Waals surface area contributed by atoms with Crippen LogP contribution in [0.5, 0.6) is 0 Å². The number of guanidine groups is 1. The average Bonchev–Trinajstić information content (AvgIpc) is 3.06. The molecule has 0 aliphatic rings. The van der Waals surface area contributed by atoms with Crippen LogP contribution >= 0.6 is 11.3 Å². The van der Waals surface area contributed by atoms with Crippen molar-refractivity contribution < 1.29 is 0 Å². The Hall–Kier alpha value is -1.81. The lowest BCUT2D eigenvalue weighted by atomic mass is 10.1. The Morgan fingerprint density at radius 2 is 1.95 bits per heavy atom. The molecular formula is C18H25N3S. The Morgan fingerprint density at radius 3 is 2.59 bits per heavy atom. The predicted octanol–water partition coefficient (Wildman–Crippen LogP) is 3.57. The SMILES string of the molecule is CN=C(NCCc1ccc(C)cc1)NCC(C)c1cccs1. The average molecular weight is 315 g/mol. The Balaban J connectivity index is 1.72. The molecule has 0 saturated heterocycles. The molecule has 2 rings (SSSR count). The molecule has 0 aliphatic carbocycles. The molecule has 118 valence electrons. The molecular weight excluding hydrogens is 290 g/mol. The van der Waals surface area contributed by atoms with Crippen LogP contribution in [0.25, 0.3) is 0 Å². The van der Waals surface area contributed by atoms with Gasteiger partial charge in [-0.3, -0.25) is 4.99 Å². The summed E-state index contributed by atoms with van der Waals surface area (Å²) < 4.78 is 0. The second-order valence-electron chi connectivity index (χ2n) is 5.53. The molecule has 1 atom stereocenters. The number of rotatable bonds is 6. The van der Waals surface area contributed by atoms with Gasteiger partial charge in [0.1, 0.15) is 0 Å². The van der Waals surface area contributed by atoms with E-state index in [1.54, 1.807) is 11.3 Å². The lowest BCUT2D eigenvalue weighted by molar-refractivity contribution is 0.707. The van der Waals surface area contributed by atoms with Crippen LogP contribution in [0.4, 0.5) is 0 Å². The number of hydrogen-bond donors (Lipinski definition) is 2.